The Morgan fingerprint density at radius 1 is 0.939 bits per heavy atom. The summed E-state index contributed by atoms with van der Waals surface area (Å²) in [5.74, 6) is 2.32. The summed E-state index contributed by atoms with van der Waals surface area (Å²) in [6, 6.07) is 12.1. The van der Waals surface area contributed by atoms with Gasteiger partial charge >= 0.3 is 0 Å². The second kappa shape index (κ2) is 21.7. The zero-order valence-corrected chi connectivity index (χ0v) is 32.1. The van der Waals surface area contributed by atoms with Gasteiger partial charge < -0.3 is 16.0 Å². The molecule has 3 N–H and O–H groups in total. The van der Waals surface area contributed by atoms with E-state index < -0.39 is 0 Å². The molecule has 0 atom stereocenters. The number of aromatic nitrogens is 1. The van der Waals surface area contributed by atoms with E-state index in [1.165, 1.54) is 107 Å². The summed E-state index contributed by atoms with van der Waals surface area (Å²) in [5, 5.41) is 3.39. The number of hydrogen-bond acceptors (Lipinski definition) is 5. The Morgan fingerprint density at radius 2 is 1.55 bits per heavy atom. The normalized spacial score (nSPS) is 17.9. The van der Waals surface area contributed by atoms with E-state index in [1.54, 1.807) is 11.8 Å². The molecule has 0 aliphatic heterocycles. The van der Waals surface area contributed by atoms with Crippen LogP contribution < -0.4 is 16.0 Å². The van der Waals surface area contributed by atoms with E-state index in [1.807, 2.05) is 39.2 Å². The molecule has 5 rings (SSSR count). The van der Waals surface area contributed by atoms with Gasteiger partial charge in [-0.2, -0.15) is 0 Å². The van der Waals surface area contributed by atoms with Crippen LogP contribution in [0.25, 0.3) is 5.57 Å². The van der Waals surface area contributed by atoms with Crippen LogP contribution in [0, 0.1) is 12.8 Å². The van der Waals surface area contributed by atoms with Gasteiger partial charge in [0.2, 0.25) is 0 Å². The smallest absolute Gasteiger partial charge is 0.132 e. The van der Waals surface area contributed by atoms with Crippen molar-refractivity contribution in [2.24, 2.45) is 16.6 Å². The average Bonchev–Trinajstić information content (AvgIpc) is 3.12. The highest BCUT2D eigenvalue weighted by molar-refractivity contribution is 6.09. The minimum Gasteiger partial charge on any atom is -0.404 e. The molecular formula is C44H69N5. The van der Waals surface area contributed by atoms with E-state index in [0.717, 1.165) is 46.7 Å². The van der Waals surface area contributed by atoms with Gasteiger partial charge in [-0.05, 0) is 119 Å². The molecule has 270 valence electrons. The SMILES string of the molecule is C=C(C)NC1CCCCC1.C=C(C1CCCCC1)N(C)c1cc(/C(C=NC(C)C)=C/N)ccn1.CCc1ccc(C2CCCCC2)cc1C. The third kappa shape index (κ3) is 13.8. The topological polar surface area (TPSA) is 66.5 Å². The fourth-order valence-electron chi connectivity index (χ4n) is 7.48. The Balaban J connectivity index is 0.000000220. The van der Waals surface area contributed by atoms with Crippen LogP contribution in [-0.2, 0) is 6.42 Å². The molecule has 0 radical (unpaired) electrons. The van der Waals surface area contributed by atoms with Gasteiger partial charge in [-0.15, -0.1) is 0 Å². The van der Waals surface area contributed by atoms with E-state index in [4.69, 9.17) is 5.73 Å². The predicted octanol–water partition coefficient (Wildman–Crippen LogP) is 11.4. The zero-order valence-electron chi connectivity index (χ0n) is 32.1. The maximum Gasteiger partial charge on any atom is 0.132 e. The number of nitrogens with one attached hydrogen (secondary N) is 1. The maximum absolute atomic E-state index is 5.79. The molecule has 0 bridgehead atoms. The Labute approximate surface area is 300 Å². The van der Waals surface area contributed by atoms with Crippen molar-refractivity contribution in [2.45, 2.75) is 155 Å². The molecule has 1 heterocycles. The number of allylic oxidation sites excluding steroid dienone is 3. The third-order valence-corrected chi connectivity index (χ3v) is 10.5. The quantitative estimate of drug-likeness (QED) is 0.247. The Bertz CT molecular complexity index is 1340. The molecular weight excluding hydrogens is 599 g/mol. The van der Waals surface area contributed by atoms with Crippen LogP contribution in [0.5, 0.6) is 0 Å². The second-order valence-electron chi connectivity index (χ2n) is 14.9. The molecule has 2 aromatic rings. The number of nitrogens with zero attached hydrogens (tertiary/aromatic N) is 3. The number of hydrogen-bond donors (Lipinski definition) is 2. The summed E-state index contributed by atoms with van der Waals surface area (Å²) in [4.78, 5) is 11.1. The van der Waals surface area contributed by atoms with E-state index in [2.05, 4.69) is 78.5 Å². The summed E-state index contributed by atoms with van der Waals surface area (Å²) < 4.78 is 0. The van der Waals surface area contributed by atoms with E-state index in [-0.39, 0.29) is 6.04 Å². The first-order chi connectivity index (χ1) is 23.6. The standard InChI is InChI=1S/C20H30N4.C15H22.C9H17N/c1-15(2)23-14-19(13-21)18-10-11-22-20(12-18)24(4)16(3)17-8-6-5-7-9-17;1-3-13-9-10-15(11-12(13)2)14-7-5-4-6-8-14;1-8(2)10-9-6-4-3-5-7-9/h10-15,17H,3,5-9,21H2,1-2,4H3;9-11,14H,3-8H2,1-2H3;9-10H,1,3-7H2,2H3/b19-13+,23-14?;;. The van der Waals surface area contributed by atoms with Gasteiger partial charge in [-0.1, -0.05) is 96.1 Å². The maximum atomic E-state index is 5.79. The number of benzene rings is 1. The first kappa shape index (κ1) is 40.1. The molecule has 1 aromatic heterocycles. The van der Waals surface area contributed by atoms with Crippen LogP contribution in [0.3, 0.4) is 0 Å². The van der Waals surface area contributed by atoms with Crippen LogP contribution in [0.2, 0.25) is 0 Å². The summed E-state index contributed by atoms with van der Waals surface area (Å²) in [6.45, 7) is 18.8. The predicted molar refractivity (Wildman–Crippen MR) is 215 cm³/mol. The number of nitrogens with two attached hydrogens (primary N) is 1. The third-order valence-electron chi connectivity index (χ3n) is 10.5. The van der Waals surface area contributed by atoms with Crippen LogP contribution in [-0.4, -0.2) is 30.3 Å². The first-order valence-corrected chi connectivity index (χ1v) is 19.5. The number of aliphatic imine (C=N–C) groups is 1. The lowest BCUT2D eigenvalue weighted by molar-refractivity contribution is 0.397. The van der Waals surface area contributed by atoms with E-state index in [9.17, 15) is 0 Å². The first-order valence-electron chi connectivity index (χ1n) is 19.5. The van der Waals surface area contributed by atoms with Crippen LogP contribution >= 0.6 is 0 Å². The highest BCUT2D eigenvalue weighted by Crippen LogP contribution is 2.34. The minimum absolute atomic E-state index is 0.245. The molecule has 0 amide bonds. The zero-order chi connectivity index (χ0) is 35.6. The molecule has 0 saturated heterocycles. The van der Waals surface area contributed by atoms with Gasteiger partial charge in [0.05, 0.1) is 0 Å². The molecule has 3 fully saturated rings. The van der Waals surface area contributed by atoms with Gasteiger partial charge in [0, 0.05) is 54.7 Å². The lowest BCUT2D eigenvalue weighted by Gasteiger charge is -2.30. The summed E-state index contributed by atoms with van der Waals surface area (Å²) in [6.07, 6.45) is 26.9. The van der Waals surface area contributed by atoms with Crippen molar-refractivity contribution < 1.29 is 0 Å². The Kier molecular flexibility index (Phi) is 17.7. The summed E-state index contributed by atoms with van der Waals surface area (Å²) >= 11 is 0. The van der Waals surface area contributed by atoms with Crippen LogP contribution in [0.1, 0.15) is 152 Å². The van der Waals surface area contributed by atoms with Crippen molar-refractivity contribution in [1.29, 1.82) is 0 Å². The van der Waals surface area contributed by atoms with Crippen molar-refractivity contribution in [3.05, 3.63) is 89.5 Å². The molecule has 49 heavy (non-hydrogen) atoms. The molecule has 0 unspecified atom stereocenters. The Hall–Kier alpha value is -3.34. The second-order valence-corrected chi connectivity index (χ2v) is 14.9. The molecule has 1 aromatic carbocycles. The minimum atomic E-state index is 0.245. The number of aryl methyl sites for hydroxylation is 2. The molecule has 5 nitrogen and oxygen atoms in total. The summed E-state index contributed by atoms with van der Waals surface area (Å²) in [7, 11) is 2.05. The van der Waals surface area contributed by atoms with Crippen molar-refractivity contribution >= 4 is 17.6 Å². The lowest BCUT2D eigenvalue weighted by Crippen LogP contribution is -2.28. The fourth-order valence-corrected chi connectivity index (χ4v) is 7.48. The van der Waals surface area contributed by atoms with Gasteiger partial charge in [0.15, 0.2) is 0 Å². The number of anilines is 1. The van der Waals surface area contributed by atoms with Crippen LogP contribution in [0.4, 0.5) is 5.82 Å². The highest BCUT2D eigenvalue weighted by atomic mass is 15.2. The molecule has 3 saturated carbocycles. The van der Waals surface area contributed by atoms with Crippen LogP contribution in [0.15, 0.2) is 72.3 Å². The van der Waals surface area contributed by atoms with Gasteiger partial charge in [0.1, 0.15) is 5.82 Å². The van der Waals surface area contributed by atoms with E-state index in [0.29, 0.717) is 5.92 Å². The largest absolute Gasteiger partial charge is 0.404 e. The summed E-state index contributed by atoms with van der Waals surface area (Å²) in [5.41, 5.74) is 14.6. The van der Waals surface area contributed by atoms with Crippen molar-refractivity contribution in [3.8, 4) is 0 Å². The molecule has 0 spiro atoms. The molecule has 3 aliphatic rings. The average molecular weight is 668 g/mol. The van der Waals surface area contributed by atoms with Gasteiger partial charge in [-0.25, -0.2) is 4.98 Å². The van der Waals surface area contributed by atoms with Crippen molar-refractivity contribution in [3.63, 3.8) is 0 Å². The fraction of sp³-hybridized carbons (Fsp3) is 0.591. The van der Waals surface area contributed by atoms with E-state index >= 15 is 0 Å². The molecule has 3 aliphatic carbocycles. The Morgan fingerprint density at radius 3 is 2.10 bits per heavy atom. The number of rotatable bonds is 10. The monoisotopic (exact) mass is 668 g/mol. The lowest BCUT2D eigenvalue weighted by atomic mass is 9.83. The highest BCUT2D eigenvalue weighted by Gasteiger charge is 2.21. The van der Waals surface area contributed by atoms with Crippen molar-refractivity contribution in [1.82, 2.24) is 10.3 Å². The van der Waals surface area contributed by atoms with Gasteiger partial charge in [-0.3, -0.25) is 4.99 Å². The van der Waals surface area contributed by atoms with Gasteiger partial charge in [0.25, 0.3) is 0 Å². The van der Waals surface area contributed by atoms with Crippen molar-refractivity contribution in [2.75, 3.05) is 11.9 Å². The molecule has 5 heteroatoms. The number of pyridine rings is 1.